The van der Waals surface area contributed by atoms with Gasteiger partial charge in [0.05, 0.1) is 0 Å². The number of aryl methyl sites for hydroxylation is 1. The summed E-state index contributed by atoms with van der Waals surface area (Å²) < 4.78 is 7.62. The summed E-state index contributed by atoms with van der Waals surface area (Å²) in [5.41, 5.74) is 3.47. The highest BCUT2D eigenvalue weighted by Gasteiger charge is 2.35. The number of carbonyl (C=O) groups excluding carboxylic acids is 2. The minimum absolute atomic E-state index is 0.0368. The van der Waals surface area contributed by atoms with E-state index in [0.29, 0.717) is 18.0 Å². The molecule has 2 saturated carbocycles. The van der Waals surface area contributed by atoms with E-state index in [1.807, 2.05) is 11.0 Å². The van der Waals surface area contributed by atoms with Crippen LogP contribution in [0.5, 0.6) is 0 Å². The number of hydrogen-bond acceptors (Lipinski definition) is 3. The van der Waals surface area contributed by atoms with E-state index in [1.54, 1.807) is 0 Å². The van der Waals surface area contributed by atoms with Crippen LogP contribution in [-0.4, -0.2) is 40.5 Å². The van der Waals surface area contributed by atoms with Crippen molar-refractivity contribution in [2.24, 2.45) is 5.92 Å². The Hall–Kier alpha value is -2.04. The first-order valence-corrected chi connectivity index (χ1v) is 10.9. The van der Waals surface area contributed by atoms with E-state index < -0.39 is 5.97 Å². The van der Waals surface area contributed by atoms with Gasteiger partial charge in [0.2, 0.25) is 0 Å². The van der Waals surface area contributed by atoms with Crippen LogP contribution in [0.15, 0.2) is 12.1 Å². The van der Waals surface area contributed by atoms with Crippen molar-refractivity contribution >= 4 is 18.0 Å². The first-order valence-electron chi connectivity index (χ1n) is 10.9. The van der Waals surface area contributed by atoms with Gasteiger partial charge in [-0.1, -0.05) is 12.8 Å². The van der Waals surface area contributed by atoms with E-state index in [1.165, 1.54) is 56.0 Å². The zero-order valence-electron chi connectivity index (χ0n) is 17.2. The highest BCUT2D eigenvalue weighted by atomic mass is 16.5. The van der Waals surface area contributed by atoms with Crippen molar-refractivity contribution in [3.63, 3.8) is 0 Å². The maximum absolute atomic E-state index is 12.6. The highest BCUT2D eigenvalue weighted by Crippen LogP contribution is 2.38. The number of likely N-dealkylation sites (tertiary alicyclic amines) is 1. The molecule has 0 radical (unpaired) electrons. The van der Waals surface area contributed by atoms with Crippen LogP contribution in [0.3, 0.4) is 0 Å². The number of nitrogens with zero attached hydrogens (tertiary/aromatic N) is 2. The second-order valence-electron chi connectivity index (χ2n) is 8.71. The Kier molecular flexibility index (Phi) is 5.61. The van der Waals surface area contributed by atoms with Crippen molar-refractivity contribution in [3.05, 3.63) is 29.1 Å². The minimum Gasteiger partial charge on any atom is -0.452 e. The summed E-state index contributed by atoms with van der Waals surface area (Å²) in [7, 11) is 0. The van der Waals surface area contributed by atoms with E-state index in [0.717, 1.165) is 24.9 Å². The number of hydrogen-bond donors (Lipinski definition) is 0. The van der Waals surface area contributed by atoms with Gasteiger partial charge in [0.1, 0.15) is 0 Å². The third-order valence-electron chi connectivity index (χ3n) is 6.74. The molecule has 3 aliphatic rings. The van der Waals surface area contributed by atoms with Gasteiger partial charge in [0.15, 0.2) is 6.61 Å². The molecule has 5 heteroatoms. The normalized spacial score (nSPS) is 25.0. The van der Waals surface area contributed by atoms with Crippen LogP contribution in [0, 0.1) is 19.8 Å². The van der Waals surface area contributed by atoms with Crippen molar-refractivity contribution < 1.29 is 14.3 Å². The van der Waals surface area contributed by atoms with Gasteiger partial charge in [-0.2, -0.15) is 0 Å². The third kappa shape index (κ3) is 4.03. The van der Waals surface area contributed by atoms with Gasteiger partial charge in [0, 0.05) is 36.1 Å². The van der Waals surface area contributed by atoms with Gasteiger partial charge in [-0.25, -0.2) is 4.79 Å². The van der Waals surface area contributed by atoms with Gasteiger partial charge >= 0.3 is 5.97 Å². The Bertz CT molecular complexity index is 773. The van der Waals surface area contributed by atoms with E-state index in [4.69, 9.17) is 4.74 Å². The molecule has 3 fully saturated rings. The van der Waals surface area contributed by atoms with Crippen LogP contribution >= 0.6 is 0 Å². The SMILES string of the molecule is Cc1cc(/C=C/C(=O)OCC(=O)N2CCC[C@H]3CCCC[C@H]32)c(C)n1C1CC1. The molecule has 1 amide bonds. The largest absolute Gasteiger partial charge is 0.452 e. The maximum Gasteiger partial charge on any atom is 0.331 e. The molecule has 4 rings (SSSR count). The lowest BCUT2D eigenvalue weighted by Crippen LogP contribution is -2.50. The molecule has 2 heterocycles. The zero-order chi connectivity index (χ0) is 19.7. The van der Waals surface area contributed by atoms with Crippen LogP contribution < -0.4 is 0 Å². The van der Waals surface area contributed by atoms with Crippen molar-refractivity contribution in [2.75, 3.05) is 13.2 Å². The maximum atomic E-state index is 12.6. The number of rotatable bonds is 5. The van der Waals surface area contributed by atoms with Crippen molar-refractivity contribution in [2.45, 2.75) is 77.3 Å². The minimum atomic E-state index is -0.443. The Morgan fingerprint density at radius 3 is 2.64 bits per heavy atom. The first kappa shape index (κ1) is 19.3. The van der Waals surface area contributed by atoms with Crippen LogP contribution in [0.4, 0.5) is 0 Å². The van der Waals surface area contributed by atoms with Crippen LogP contribution in [0.2, 0.25) is 0 Å². The molecule has 1 saturated heterocycles. The number of fused-ring (bicyclic) bond motifs is 1. The smallest absolute Gasteiger partial charge is 0.331 e. The fraction of sp³-hybridized carbons (Fsp3) is 0.652. The number of ether oxygens (including phenoxy) is 1. The molecule has 2 atom stereocenters. The van der Waals surface area contributed by atoms with Gasteiger partial charge in [-0.05, 0) is 76.0 Å². The molecule has 0 spiro atoms. The molecule has 0 aromatic carbocycles. The summed E-state index contributed by atoms with van der Waals surface area (Å²) in [4.78, 5) is 26.8. The quantitative estimate of drug-likeness (QED) is 0.565. The highest BCUT2D eigenvalue weighted by molar-refractivity contribution is 5.89. The number of carbonyl (C=O) groups is 2. The lowest BCUT2D eigenvalue weighted by molar-refractivity contribution is -0.151. The molecule has 0 bridgehead atoms. The summed E-state index contributed by atoms with van der Waals surface area (Å²) in [6, 6.07) is 3.09. The van der Waals surface area contributed by atoms with Crippen molar-refractivity contribution in [1.29, 1.82) is 0 Å². The molecule has 0 unspecified atom stereocenters. The Balaban J connectivity index is 1.31. The van der Waals surface area contributed by atoms with Gasteiger partial charge < -0.3 is 14.2 Å². The predicted molar refractivity (Wildman–Crippen MR) is 109 cm³/mol. The molecule has 1 aliphatic heterocycles. The summed E-state index contributed by atoms with van der Waals surface area (Å²) in [5.74, 6) is 0.163. The van der Waals surface area contributed by atoms with E-state index >= 15 is 0 Å². The zero-order valence-corrected chi connectivity index (χ0v) is 17.2. The molecular formula is C23H32N2O3. The summed E-state index contributed by atoms with van der Waals surface area (Å²) >= 11 is 0. The summed E-state index contributed by atoms with van der Waals surface area (Å²) in [5, 5.41) is 0. The van der Waals surface area contributed by atoms with E-state index in [9.17, 15) is 9.59 Å². The molecular weight excluding hydrogens is 352 g/mol. The predicted octanol–water partition coefficient (Wildman–Crippen LogP) is 4.18. The number of piperidine rings is 1. The number of amides is 1. The lowest BCUT2D eigenvalue weighted by atomic mass is 9.78. The third-order valence-corrected chi connectivity index (χ3v) is 6.74. The van der Waals surface area contributed by atoms with Crippen molar-refractivity contribution in [3.8, 4) is 0 Å². The van der Waals surface area contributed by atoms with Crippen molar-refractivity contribution in [1.82, 2.24) is 9.47 Å². The second-order valence-corrected chi connectivity index (χ2v) is 8.71. The average Bonchev–Trinajstić information content (AvgIpc) is 3.49. The van der Waals surface area contributed by atoms with Crippen LogP contribution in [0.25, 0.3) is 6.08 Å². The molecule has 28 heavy (non-hydrogen) atoms. The van der Waals surface area contributed by atoms with E-state index in [2.05, 4.69) is 24.5 Å². The monoisotopic (exact) mass is 384 g/mol. The fourth-order valence-electron chi connectivity index (χ4n) is 5.22. The number of aromatic nitrogens is 1. The Labute approximate surface area is 167 Å². The van der Waals surface area contributed by atoms with Gasteiger partial charge in [-0.15, -0.1) is 0 Å². The van der Waals surface area contributed by atoms with Gasteiger partial charge in [-0.3, -0.25) is 4.79 Å². The molecule has 5 nitrogen and oxygen atoms in total. The fourth-order valence-corrected chi connectivity index (χ4v) is 5.22. The average molecular weight is 385 g/mol. The van der Waals surface area contributed by atoms with E-state index in [-0.39, 0.29) is 12.5 Å². The standard InChI is InChI=1S/C23H32N2O3/c1-16-14-19(17(2)25(16)20-10-11-20)9-12-23(27)28-15-22(26)24-13-5-7-18-6-3-4-8-21(18)24/h9,12,14,18,20-21H,3-8,10-11,13,15H2,1-2H3/b12-9+/t18-,21-/m1/s1. The molecule has 1 aromatic rings. The molecule has 1 aromatic heterocycles. The molecule has 0 N–H and O–H groups in total. The Morgan fingerprint density at radius 1 is 1.11 bits per heavy atom. The summed E-state index contributed by atoms with van der Waals surface area (Å²) in [6.45, 7) is 4.86. The van der Waals surface area contributed by atoms with Gasteiger partial charge in [0.25, 0.3) is 5.91 Å². The lowest BCUT2D eigenvalue weighted by Gasteiger charge is -2.44. The van der Waals surface area contributed by atoms with Crippen LogP contribution in [-0.2, 0) is 14.3 Å². The molecule has 152 valence electrons. The summed E-state index contributed by atoms with van der Waals surface area (Å²) in [6.07, 6.45) is 12.9. The second kappa shape index (κ2) is 8.14. The van der Waals surface area contributed by atoms with Crippen LogP contribution in [0.1, 0.15) is 74.4 Å². The topological polar surface area (TPSA) is 51.5 Å². The first-order chi connectivity index (χ1) is 13.5. The number of esters is 1. The Morgan fingerprint density at radius 2 is 1.86 bits per heavy atom. The molecule has 2 aliphatic carbocycles.